The van der Waals surface area contributed by atoms with Crippen LogP contribution >= 0.6 is 11.6 Å². The molecule has 0 aliphatic heterocycles. The molecule has 0 unspecified atom stereocenters. The van der Waals surface area contributed by atoms with Gasteiger partial charge in [-0.2, -0.15) is 5.26 Å². The number of carbonyl (C=O) groups is 1. The Morgan fingerprint density at radius 3 is 2.64 bits per heavy atom. The van der Waals surface area contributed by atoms with E-state index < -0.39 is 17.2 Å². The van der Waals surface area contributed by atoms with E-state index in [4.69, 9.17) is 20.8 Å². The summed E-state index contributed by atoms with van der Waals surface area (Å²) >= 11 is 5.81. The molecule has 0 fully saturated rings. The van der Waals surface area contributed by atoms with Gasteiger partial charge in [-0.3, -0.25) is 14.2 Å². The van der Waals surface area contributed by atoms with Crippen molar-refractivity contribution in [2.24, 2.45) is 0 Å². The van der Waals surface area contributed by atoms with E-state index in [2.05, 4.69) is 0 Å². The zero-order valence-corrected chi connectivity index (χ0v) is 15.6. The number of Topliss-reactive ketones (excluding diaryl/α,β-unsaturated/α-hetero) is 1. The van der Waals surface area contributed by atoms with Gasteiger partial charge in [0, 0.05) is 5.02 Å². The van der Waals surface area contributed by atoms with Crippen LogP contribution in [-0.4, -0.2) is 22.1 Å². The van der Waals surface area contributed by atoms with E-state index in [0.717, 1.165) is 4.57 Å². The molecular weight excluding hydrogens is 384 g/mol. The molecular formula is C20H15ClN2O5. The fraction of sp³-hybridized carbons (Fsp3) is 0.150. The third-order valence-electron chi connectivity index (χ3n) is 4.16. The van der Waals surface area contributed by atoms with Gasteiger partial charge in [-0.05, 0) is 48.9 Å². The third kappa shape index (κ3) is 3.77. The number of furan rings is 1. The number of ketones is 1. The number of ether oxygens (including phenoxy) is 1. The predicted octanol–water partition coefficient (Wildman–Crippen LogP) is 3.29. The first-order chi connectivity index (χ1) is 13.4. The molecule has 1 aromatic carbocycles. The molecule has 7 nitrogen and oxygen atoms in total. The van der Waals surface area contributed by atoms with Crippen molar-refractivity contribution < 1.29 is 19.1 Å². The van der Waals surface area contributed by atoms with Crippen LogP contribution in [0.1, 0.15) is 27.2 Å². The van der Waals surface area contributed by atoms with Crippen LogP contribution in [0.5, 0.6) is 11.6 Å². The molecule has 142 valence electrons. The fourth-order valence-corrected chi connectivity index (χ4v) is 2.87. The van der Waals surface area contributed by atoms with Gasteiger partial charge >= 0.3 is 0 Å². The lowest BCUT2D eigenvalue weighted by Gasteiger charge is -2.15. The quantitative estimate of drug-likeness (QED) is 0.638. The summed E-state index contributed by atoms with van der Waals surface area (Å²) in [5.41, 5.74) is -0.967. The zero-order valence-electron chi connectivity index (χ0n) is 14.8. The molecule has 2 aromatic heterocycles. The first-order valence-corrected chi connectivity index (χ1v) is 8.60. The first kappa shape index (κ1) is 19.3. The molecule has 0 bridgehead atoms. The fourth-order valence-electron chi connectivity index (χ4n) is 2.74. The second-order valence-corrected chi connectivity index (χ2v) is 6.38. The summed E-state index contributed by atoms with van der Waals surface area (Å²) in [5, 5.41) is 20.5. The van der Waals surface area contributed by atoms with E-state index >= 15 is 0 Å². The van der Waals surface area contributed by atoms with Crippen molar-refractivity contribution in [2.75, 3.05) is 6.61 Å². The molecule has 0 amide bonds. The number of nitrogens with zero attached hydrogens (tertiary/aromatic N) is 2. The molecule has 0 aliphatic rings. The normalized spacial score (nSPS) is 10.5. The minimum Gasteiger partial charge on any atom is -0.494 e. The maximum absolute atomic E-state index is 12.7. The van der Waals surface area contributed by atoms with E-state index in [1.807, 2.05) is 0 Å². The minimum absolute atomic E-state index is 0.102. The molecule has 3 aromatic rings. The van der Waals surface area contributed by atoms with Crippen molar-refractivity contribution >= 4 is 17.4 Å². The van der Waals surface area contributed by atoms with Crippen molar-refractivity contribution in [2.45, 2.75) is 13.5 Å². The summed E-state index contributed by atoms with van der Waals surface area (Å²) in [5.74, 6) is -0.308. The van der Waals surface area contributed by atoms with Crippen LogP contribution < -0.4 is 10.3 Å². The SMILES string of the molecule is Cc1c(C(=O)COc2ccc(Cl)cc2)c(O)n(Cc2ccco2)c(=O)c1C#N. The topological polar surface area (TPSA) is 105 Å². The van der Waals surface area contributed by atoms with Gasteiger partial charge < -0.3 is 14.3 Å². The van der Waals surface area contributed by atoms with Crippen LogP contribution in [0.3, 0.4) is 0 Å². The molecule has 0 saturated heterocycles. The van der Waals surface area contributed by atoms with Crippen molar-refractivity contribution in [1.82, 2.24) is 4.57 Å². The van der Waals surface area contributed by atoms with Crippen molar-refractivity contribution in [3.05, 3.63) is 80.5 Å². The van der Waals surface area contributed by atoms with Gasteiger partial charge in [0.15, 0.2) is 6.61 Å². The Morgan fingerprint density at radius 1 is 1.32 bits per heavy atom. The van der Waals surface area contributed by atoms with Crippen molar-refractivity contribution in [1.29, 1.82) is 5.26 Å². The Morgan fingerprint density at radius 2 is 2.04 bits per heavy atom. The zero-order chi connectivity index (χ0) is 20.3. The van der Waals surface area contributed by atoms with Gasteiger partial charge in [0.2, 0.25) is 11.7 Å². The average Bonchev–Trinajstić information content (AvgIpc) is 3.18. The van der Waals surface area contributed by atoms with E-state index in [-0.39, 0.29) is 29.8 Å². The number of benzene rings is 1. The monoisotopic (exact) mass is 398 g/mol. The predicted molar refractivity (Wildman–Crippen MR) is 101 cm³/mol. The Labute approximate surface area is 165 Å². The van der Waals surface area contributed by atoms with Gasteiger partial charge in [0.1, 0.15) is 23.1 Å². The van der Waals surface area contributed by atoms with Crippen LogP contribution in [0.2, 0.25) is 5.02 Å². The van der Waals surface area contributed by atoms with Gasteiger partial charge in [0.05, 0.1) is 18.4 Å². The molecule has 0 spiro atoms. The van der Waals surface area contributed by atoms with Crippen LogP contribution in [0.25, 0.3) is 0 Å². The second kappa shape index (κ2) is 8.03. The van der Waals surface area contributed by atoms with Crippen LogP contribution in [0, 0.1) is 18.3 Å². The number of hydrogen-bond donors (Lipinski definition) is 1. The van der Waals surface area contributed by atoms with Crippen molar-refractivity contribution in [3.63, 3.8) is 0 Å². The maximum atomic E-state index is 12.7. The molecule has 0 aliphatic carbocycles. The molecule has 0 atom stereocenters. The summed E-state index contributed by atoms with van der Waals surface area (Å²) in [7, 11) is 0. The summed E-state index contributed by atoms with van der Waals surface area (Å²) < 4.78 is 11.6. The maximum Gasteiger partial charge on any atom is 0.271 e. The Kier molecular flexibility index (Phi) is 5.52. The van der Waals surface area contributed by atoms with E-state index in [1.165, 1.54) is 13.2 Å². The average molecular weight is 399 g/mol. The Bertz CT molecular complexity index is 1110. The van der Waals surface area contributed by atoms with Crippen LogP contribution in [0.15, 0.2) is 51.9 Å². The molecule has 8 heteroatoms. The van der Waals surface area contributed by atoms with E-state index in [9.17, 15) is 20.0 Å². The van der Waals surface area contributed by atoms with Gasteiger partial charge in [0.25, 0.3) is 5.56 Å². The second-order valence-electron chi connectivity index (χ2n) is 5.95. The molecule has 28 heavy (non-hydrogen) atoms. The number of nitriles is 1. The summed E-state index contributed by atoms with van der Waals surface area (Å²) in [6, 6.07) is 11.5. The van der Waals surface area contributed by atoms with Gasteiger partial charge in [-0.15, -0.1) is 0 Å². The lowest BCUT2D eigenvalue weighted by molar-refractivity contribution is 0.0916. The van der Waals surface area contributed by atoms with Crippen molar-refractivity contribution in [3.8, 4) is 17.7 Å². The lowest BCUT2D eigenvalue weighted by atomic mass is 10.0. The van der Waals surface area contributed by atoms with Crippen LogP contribution in [0.4, 0.5) is 0 Å². The molecule has 0 saturated carbocycles. The number of halogens is 1. The number of pyridine rings is 1. The molecule has 1 N–H and O–H groups in total. The summed E-state index contributed by atoms with van der Waals surface area (Å²) in [6.45, 7) is 0.928. The van der Waals surface area contributed by atoms with E-state index in [1.54, 1.807) is 42.5 Å². The number of aromatic nitrogens is 1. The summed E-state index contributed by atoms with van der Waals surface area (Å²) in [6.07, 6.45) is 1.42. The number of carbonyl (C=O) groups excluding carboxylic acids is 1. The molecule has 3 rings (SSSR count). The van der Waals surface area contributed by atoms with Gasteiger partial charge in [-0.1, -0.05) is 11.6 Å². The number of hydrogen-bond acceptors (Lipinski definition) is 6. The smallest absolute Gasteiger partial charge is 0.271 e. The third-order valence-corrected chi connectivity index (χ3v) is 4.41. The molecule has 2 heterocycles. The highest BCUT2D eigenvalue weighted by molar-refractivity contribution is 6.30. The lowest BCUT2D eigenvalue weighted by Crippen LogP contribution is -2.28. The highest BCUT2D eigenvalue weighted by atomic mass is 35.5. The minimum atomic E-state index is -0.705. The molecule has 0 radical (unpaired) electrons. The summed E-state index contributed by atoms with van der Waals surface area (Å²) in [4.78, 5) is 25.2. The Balaban J connectivity index is 1.97. The standard InChI is InChI=1S/C20H15ClN2O5/c1-12-16(9-22)19(25)23(10-15-3-2-8-27-15)20(26)18(12)17(24)11-28-14-6-4-13(21)5-7-14/h2-8,26H,10-11H2,1H3. The highest BCUT2D eigenvalue weighted by Crippen LogP contribution is 2.24. The number of rotatable bonds is 6. The van der Waals surface area contributed by atoms with Crippen LogP contribution in [-0.2, 0) is 6.54 Å². The first-order valence-electron chi connectivity index (χ1n) is 8.22. The van der Waals surface area contributed by atoms with E-state index in [0.29, 0.717) is 16.5 Å². The van der Waals surface area contributed by atoms with Gasteiger partial charge in [-0.25, -0.2) is 0 Å². The Hall–Kier alpha value is -3.50. The largest absolute Gasteiger partial charge is 0.494 e. The number of aromatic hydroxyl groups is 1. The highest BCUT2D eigenvalue weighted by Gasteiger charge is 2.24.